The van der Waals surface area contributed by atoms with Gasteiger partial charge in [0.05, 0.1) is 29.5 Å². The van der Waals surface area contributed by atoms with Crippen LogP contribution in [0.1, 0.15) is 23.6 Å². The van der Waals surface area contributed by atoms with Crippen LogP contribution < -0.4 is 0 Å². The number of benzene rings is 1. The third-order valence-corrected chi connectivity index (χ3v) is 3.17. The highest BCUT2D eigenvalue weighted by molar-refractivity contribution is 5.76. The van der Waals surface area contributed by atoms with Gasteiger partial charge in [-0.1, -0.05) is 6.07 Å². The number of hydrogen-bond donors (Lipinski definition) is 2. The summed E-state index contributed by atoms with van der Waals surface area (Å²) in [4.78, 5) is 26.5. The predicted octanol–water partition coefficient (Wildman–Crippen LogP) is 1.96. The molecular formula is C14H12N4O2. The molecule has 1 aromatic carbocycles. The second-order valence-corrected chi connectivity index (χ2v) is 4.46. The molecule has 1 unspecified atom stereocenters. The Morgan fingerprint density at radius 1 is 1.30 bits per heavy atom. The molecule has 6 nitrogen and oxygen atoms in total. The van der Waals surface area contributed by atoms with E-state index < -0.39 is 5.97 Å². The number of hydrogen-bond acceptors (Lipinski definition) is 4. The molecule has 0 amide bonds. The molecule has 2 aromatic heterocycles. The summed E-state index contributed by atoms with van der Waals surface area (Å²) < 4.78 is 0. The number of imidazole rings is 1. The molecule has 0 fully saturated rings. The maximum atomic E-state index is 11.1. The van der Waals surface area contributed by atoms with Crippen LogP contribution in [0.3, 0.4) is 0 Å². The first-order chi connectivity index (χ1) is 9.74. The first-order valence-electron chi connectivity index (χ1n) is 6.15. The van der Waals surface area contributed by atoms with Gasteiger partial charge in [-0.15, -0.1) is 0 Å². The SMILES string of the molecule is O=C(O)CC(c1ccc2nc[nH]c2c1)c1cnccn1. The zero-order chi connectivity index (χ0) is 13.9. The van der Waals surface area contributed by atoms with Crippen molar-refractivity contribution in [3.05, 3.63) is 54.4 Å². The number of H-pyrrole nitrogens is 1. The summed E-state index contributed by atoms with van der Waals surface area (Å²) in [5.41, 5.74) is 3.25. The van der Waals surface area contributed by atoms with Gasteiger partial charge in [-0.3, -0.25) is 14.8 Å². The van der Waals surface area contributed by atoms with Crippen LogP contribution in [0.5, 0.6) is 0 Å². The van der Waals surface area contributed by atoms with E-state index in [1.165, 1.54) is 0 Å². The molecule has 1 atom stereocenters. The number of carbonyl (C=O) groups is 1. The number of fused-ring (bicyclic) bond motifs is 1. The topological polar surface area (TPSA) is 91.8 Å². The van der Waals surface area contributed by atoms with E-state index in [1.54, 1.807) is 24.9 Å². The number of rotatable bonds is 4. The Kier molecular flexibility index (Phi) is 3.12. The van der Waals surface area contributed by atoms with Crippen molar-refractivity contribution in [2.24, 2.45) is 0 Å². The minimum atomic E-state index is -0.870. The average molecular weight is 268 g/mol. The lowest BCUT2D eigenvalue weighted by Gasteiger charge is -2.14. The third-order valence-electron chi connectivity index (χ3n) is 3.17. The summed E-state index contributed by atoms with van der Waals surface area (Å²) in [6, 6.07) is 5.66. The van der Waals surface area contributed by atoms with Crippen molar-refractivity contribution in [1.29, 1.82) is 0 Å². The zero-order valence-corrected chi connectivity index (χ0v) is 10.5. The number of aromatic nitrogens is 4. The Hall–Kier alpha value is -2.76. The second-order valence-electron chi connectivity index (χ2n) is 4.46. The van der Waals surface area contributed by atoms with E-state index in [4.69, 9.17) is 5.11 Å². The molecule has 100 valence electrons. The molecular weight excluding hydrogens is 256 g/mol. The number of aromatic amines is 1. The lowest BCUT2D eigenvalue weighted by Crippen LogP contribution is -2.09. The fourth-order valence-corrected chi connectivity index (χ4v) is 2.23. The van der Waals surface area contributed by atoms with Crippen molar-refractivity contribution in [1.82, 2.24) is 19.9 Å². The Morgan fingerprint density at radius 2 is 2.20 bits per heavy atom. The standard InChI is InChI=1S/C14H12N4O2/c19-14(20)6-10(13-7-15-3-4-16-13)9-1-2-11-12(5-9)18-8-17-11/h1-5,7-8,10H,6H2,(H,17,18)(H,19,20). The lowest BCUT2D eigenvalue weighted by molar-refractivity contribution is -0.137. The molecule has 0 saturated heterocycles. The van der Waals surface area contributed by atoms with Gasteiger partial charge in [0.25, 0.3) is 0 Å². The van der Waals surface area contributed by atoms with Gasteiger partial charge in [0, 0.05) is 24.5 Å². The molecule has 0 radical (unpaired) electrons. The summed E-state index contributed by atoms with van der Waals surface area (Å²) in [6.45, 7) is 0. The van der Waals surface area contributed by atoms with Crippen LogP contribution in [0, 0.1) is 0 Å². The fraction of sp³-hybridized carbons (Fsp3) is 0.143. The molecule has 0 saturated carbocycles. The molecule has 2 N–H and O–H groups in total. The Balaban J connectivity index is 2.06. The maximum absolute atomic E-state index is 11.1. The number of nitrogens with one attached hydrogen (secondary N) is 1. The first kappa shape index (κ1) is 12.3. The molecule has 3 aromatic rings. The van der Waals surface area contributed by atoms with E-state index in [0.29, 0.717) is 5.69 Å². The van der Waals surface area contributed by atoms with Crippen LogP contribution in [0.2, 0.25) is 0 Å². The largest absolute Gasteiger partial charge is 0.481 e. The van der Waals surface area contributed by atoms with E-state index in [9.17, 15) is 4.79 Å². The highest BCUT2D eigenvalue weighted by Crippen LogP contribution is 2.27. The summed E-state index contributed by atoms with van der Waals surface area (Å²) in [5, 5.41) is 9.11. The van der Waals surface area contributed by atoms with Crippen molar-refractivity contribution in [2.45, 2.75) is 12.3 Å². The van der Waals surface area contributed by atoms with Crippen molar-refractivity contribution in [3.8, 4) is 0 Å². The minimum absolute atomic E-state index is 0.0294. The number of carboxylic acids is 1. The first-order valence-corrected chi connectivity index (χ1v) is 6.15. The van der Waals surface area contributed by atoms with Gasteiger partial charge >= 0.3 is 5.97 Å². The van der Waals surface area contributed by atoms with Gasteiger partial charge in [0.15, 0.2) is 0 Å². The van der Waals surface area contributed by atoms with Crippen LogP contribution in [-0.4, -0.2) is 31.0 Å². The van der Waals surface area contributed by atoms with Crippen molar-refractivity contribution >= 4 is 17.0 Å². The summed E-state index contributed by atoms with van der Waals surface area (Å²) in [5.74, 6) is -1.20. The lowest BCUT2D eigenvalue weighted by atomic mass is 9.92. The van der Waals surface area contributed by atoms with Gasteiger partial charge in [0.2, 0.25) is 0 Å². The van der Waals surface area contributed by atoms with Crippen molar-refractivity contribution in [3.63, 3.8) is 0 Å². The highest BCUT2D eigenvalue weighted by atomic mass is 16.4. The summed E-state index contributed by atoms with van der Waals surface area (Å²) in [6.07, 6.45) is 6.32. The summed E-state index contributed by atoms with van der Waals surface area (Å²) >= 11 is 0. The molecule has 0 aliphatic carbocycles. The molecule has 20 heavy (non-hydrogen) atoms. The number of carboxylic acid groups (broad SMARTS) is 1. The van der Waals surface area contributed by atoms with Crippen molar-refractivity contribution in [2.75, 3.05) is 0 Å². The normalized spacial score (nSPS) is 12.4. The van der Waals surface area contributed by atoms with Gasteiger partial charge in [-0.2, -0.15) is 0 Å². The maximum Gasteiger partial charge on any atom is 0.304 e. The highest BCUT2D eigenvalue weighted by Gasteiger charge is 2.20. The molecule has 0 aliphatic heterocycles. The Morgan fingerprint density at radius 3 is 2.95 bits per heavy atom. The molecule has 6 heteroatoms. The average Bonchev–Trinajstić information content (AvgIpc) is 2.93. The molecule has 0 aliphatic rings. The van der Waals surface area contributed by atoms with Crippen LogP contribution in [0.15, 0.2) is 43.1 Å². The minimum Gasteiger partial charge on any atom is -0.481 e. The van der Waals surface area contributed by atoms with Crippen LogP contribution in [0.25, 0.3) is 11.0 Å². The van der Waals surface area contributed by atoms with E-state index >= 15 is 0 Å². The smallest absolute Gasteiger partial charge is 0.304 e. The Bertz CT molecular complexity index is 739. The molecule has 0 spiro atoms. The predicted molar refractivity (Wildman–Crippen MR) is 72.2 cm³/mol. The fourth-order valence-electron chi connectivity index (χ4n) is 2.23. The zero-order valence-electron chi connectivity index (χ0n) is 10.5. The van der Waals surface area contributed by atoms with E-state index in [0.717, 1.165) is 16.6 Å². The molecule has 3 rings (SSSR count). The third kappa shape index (κ3) is 2.35. The Labute approximate surface area is 114 Å². The number of aliphatic carboxylic acids is 1. The second kappa shape index (κ2) is 5.08. The van der Waals surface area contributed by atoms with Gasteiger partial charge < -0.3 is 10.1 Å². The van der Waals surface area contributed by atoms with Gasteiger partial charge in [-0.05, 0) is 17.7 Å². The van der Waals surface area contributed by atoms with E-state index in [-0.39, 0.29) is 12.3 Å². The van der Waals surface area contributed by atoms with Crippen LogP contribution >= 0.6 is 0 Å². The van der Waals surface area contributed by atoms with E-state index in [1.807, 2.05) is 18.2 Å². The van der Waals surface area contributed by atoms with Crippen LogP contribution in [-0.2, 0) is 4.79 Å². The quantitative estimate of drug-likeness (QED) is 0.754. The molecule has 2 heterocycles. The monoisotopic (exact) mass is 268 g/mol. The summed E-state index contributed by atoms with van der Waals surface area (Å²) in [7, 11) is 0. The van der Waals surface area contributed by atoms with E-state index in [2.05, 4.69) is 19.9 Å². The molecule has 0 bridgehead atoms. The van der Waals surface area contributed by atoms with Crippen LogP contribution in [0.4, 0.5) is 0 Å². The van der Waals surface area contributed by atoms with Crippen molar-refractivity contribution < 1.29 is 9.90 Å². The van der Waals surface area contributed by atoms with Gasteiger partial charge in [0.1, 0.15) is 0 Å². The van der Waals surface area contributed by atoms with Gasteiger partial charge in [-0.25, -0.2) is 4.98 Å². The number of nitrogens with zero attached hydrogens (tertiary/aromatic N) is 3.